The zero-order valence-corrected chi connectivity index (χ0v) is 10.3. The Labute approximate surface area is 102 Å². The number of carbonyl (C=O) groups excluding carboxylic acids is 1. The second kappa shape index (κ2) is 7.04. The van der Waals surface area contributed by atoms with Crippen molar-refractivity contribution in [3.63, 3.8) is 0 Å². The minimum Gasteiger partial charge on any atom is -0.469 e. The number of nitrogens with zero attached hydrogens (tertiary/aromatic N) is 1. The normalized spacial score (nSPS) is 12.5. The van der Waals surface area contributed by atoms with Crippen LogP contribution in [0.25, 0.3) is 0 Å². The van der Waals surface area contributed by atoms with Gasteiger partial charge in [-0.1, -0.05) is 30.3 Å². The van der Waals surface area contributed by atoms with Gasteiger partial charge in [0.2, 0.25) is 0 Å². The van der Waals surface area contributed by atoms with Gasteiger partial charge in [-0.15, -0.1) is 0 Å². The molecule has 0 heterocycles. The average Bonchev–Trinajstić information content (AvgIpc) is 2.36. The van der Waals surface area contributed by atoms with Gasteiger partial charge in [-0.05, 0) is 12.6 Å². The van der Waals surface area contributed by atoms with Crippen molar-refractivity contribution >= 4 is 5.97 Å². The maximum absolute atomic E-state index is 11.7. The first-order valence-corrected chi connectivity index (χ1v) is 5.61. The minimum absolute atomic E-state index is 0.0825. The highest BCUT2D eigenvalue weighted by atomic mass is 16.5. The molecule has 4 heteroatoms. The van der Waals surface area contributed by atoms with E-state index in [0.29, 0.717) is 13.1 Å². The highest BCUT2D eigenvalue weighted by molar-refractivity contribution is 5.78. The fourth-order valence-electron chi connectivity index (χ4n) is 1.72. The summed E-state index contributed by atoms with van der Waals surface area (Å²) in [5.41, 5.74) is 0.934. The van der Waals surface area contributed by atoms with E-state index in [1.165, 1.54) is 7.11 Å². The Balaban J connectivity index is 2.78. The molecular weight excluding hydrogens is 218 g/mol. The minimum atomic E-state index is -0.308. The molecule has 17 heavy (non-hydrogen) atoms. The number of ether oxygens (including phenoxy) is 1. The number of likely N-dealkylation sites (N-methyl/N-ethyl adjacent to an activating group) is 1. The van der Waals surface area contributed by atoms with Crippen LogP contribution in [0.1, 0.15) is 11.5 Å². The van der Waals surface area contributed by atoms with E-state index in [-0.39, 0.29) is 18.5 Å². The molecule has 94 valence electrons. The molecule has 0 amide bonds. The quantitative estimate of drug-likeness (QED) is 0.746. The number of methoxy groups -OCH3 is 1. The van der Waals surface area contributed by atoms with E-state index in [1.807, 2.05) is 42.3 Å². The van der Waals surface area contributed by atoms with E-state index in [9.17, 15) is 4.79 Å². The van der Waals surface area contributed by atoms with Crippen molar-refractivity contribution in [1.82, 2.24) is 4.90 Å². The Kier molecular flexibility index (Phi) is 5.66. The molecule has 1 atom stereocenters. The van der Waals surface area contributed by atoms with Crippen molar-refractivity contribution in [1.29, 1.82) is 0 Å². The Morgan fingerprint density at radius 2 is 2.06 bits per heavy atom. The molecule has 4 nitrogen and oxygen atoms in total. The molecule has 0 spiro atoms. The SMILES string of the molecule is COC(=O)C(CN(C)CCO)c1ccccc1. The van der Waals surface area contributed by atoms with Crippen LogP contribution < -0.4 is 0 Å². The highest BCUT2D eigenvalue weighted by Crippen LogP contribution is 2.18. The molecule has 1 unspecified atom stereocenters. The molecule has 0 aliphatic rings. The van der Waals surface area contributed by atoms with Crippen LogP contribution in [0.3, 0.4) is 0 Å². The summed E-state index contributed by atoms with van der Waals surface area (Å²) in [6, 6.07) is 9.53. The van der Waals surface area contributed by atoms with Crippen LogP contribution in [0.4, 0.5) is 0 Å². The number of carbonyl (C=O) groups is 1. The van der Waals surface area contributed by atoms with E-state index in [1.54, 1.807) is 0 Å². The first-order valence-electron chi connectivity index (χ1n) is 5.61. The molecular formula is C13H19NO3. The number of esters is 1. The lowest BCUT2D eigenvalue weighted by atomic mass is 9.99. The molecule has 1 rings (SSSR count). The maximum Gasteiger partial charge on any atom is 0.314 e. The molecule has 0 radical (unpaired) electrons. The van der Waals surface area contributed by atoms with Crippen LogP contribution >= 0.6 is 0 Å². The van der Waals surface area contributed by atoms with E-state index < -0.39 is 0 Å². The molecule has 1 aromatic rings. The number of hydrogen-bond acceptors (Lipinski definition) is 4. The molecule has 0 saturated heterocycles. The Hall–Kier alpha value is -1.39. The van der Waals surface area contributed by atoms with Crippen molar-refractivity contribution in [3.8, 4) is 0 Å². The lowest BCUT2D eigenvalue weighted by Gasteiger charge is -2.21. The average molecular weight is 237 g/mol. The summed E-state index contributed by atoms with van der Waals surface area (Å²) in [5, 5.41) is 8.86. The zero-order valence-electron chi connectivity index (χ0n) is 10.3. The van der Waals surface area contributed by atoms with Gasteiger partial charge in [-0.3, -0.25) is 4.79 Å². The van der Waals surface area contributed by atoms with E-state index in [2.05, 4.69) is 0 Å². The molecule has 0 aliphatic heterocycles. The van der Waals surface area contributed by atoms with Gasteiger partial charge in [0.1, 0.15) is 0 Å². The Morgan fingerprint density at radius 1 is 1.41 bits per heavy atom. The molecule has 0 saturated carbocycles. The van der Waals surface area contributed by atoms with Crippen molar-refractivity contribution in [2.45, 2.75) is 5.92 Å². The number of aliphatic hydroxyl groups is 1. The standard InChI is InChI=1S/C13H19NO3/c1-14(8-9-15)10-12(13(16)17-2)11-6-4-3-5-7-11/h3-7,12,15H,8-10H2,1-2H3. The summed E-state index contributed by atoms with van der Waals surface area (Å²) < 4.78 is 4.82. The van der Waals surface area contributed by atoms with Crippen LogP contribution in [0, 0.1) is 0 Å². The van der Waals surface area contributed by atoms with Gasteiger partial charge >= 0.3 is 5.97 Å². The highest BCUT2D eigenvalue weighted by Gasteiger charge is 2.22. The summed E-state index contributed by atoms with van der Waals surface area (Å²) in [4.78, 5) is 13.7. The fourth-order valence-corrected chi connectivity index (χ4v) is 1.72. The smallest absolute Gasteiger partial charge is 0.314 e. The molecule has 0 fully saturated rings. The molecule has 0 aromatic heterocycles. The number of rotatable bonds is 6. The second-order valence-electron chi connectivity index (χ2n) is 3.97. The summed E-state index contributed by atoms with van der Waals surface area (Å²) in [6.07, 6.45) is 0. The van der Waals surface area contributed by atoms with Crippen LogP contribution in [0.2, 0.25) is 0 Å². The summed E-state index contributed by atoms with van der Waals surface area (Å²) in [5.74, 6) is -0.557. The van der Waals surface area contributed by atoms with Gasteiger partial charge in [-0.2, -0.15) is 0 Å². The van der Waals surface area contributed by atoms with Gasteiger partial charge in [0.05, 0.1) is 19.6 Å². The monoisotopic (exact) mass is 237 g/mol. The van der Waals surface area contributed by atoms with Crippen molar-refractivity contribution in [2.24, 2.45) is 0 Å². The summed E-state index contributed by atoms with van der Waals surface area (Å²) >= 11 is 0. The van der Waals surface area contributed by atoms with Crippen LogP contribution in [0.15, 0.2) is 30.3 Å². The summed E-state index contributed by atoms with van der Waals surface area (Å²) in [7, 11) is 3.26. The Morgan fingerprint density at radius 3 is 2.59 bits per heavy atom. The predicted molar refractivity (Wildman–Crippen MR) is 65.8 cm³/mol. The van der Waals surface area contributed by atoms with E-state index in [4.69, 9.17) is 9.84 Å². The van der Waals surface area contributed by atoms with Crippen molar-refractivity contribution < 1.29 is 14.6 Å². The summed E-state index contributed by atoms with van der Waals surface area (Å²) in [6.45, 7) is 1.16. The van der Waals surface area contributed by atoms with E-state index >= 15 is 0 Å². The third-order valence-electron chi connectivity index (χ3n) is 2.66. The van der Waals surface area contributed by atoms with Crippen LogP contribution in [-0.2, 0) is 9.53 Å². The van der Waals surface area contributed by atoms with E-state index in [0.717, 1.165) is 5.56 Å². The predicted octanol–water partition coefficient (Wildman–Crippen LogP) is 0.867. The van der Waals surface area contributed by atoms with Crippen LogP contribution in [-0.4, -0.2) is 49.8 Å². The zero-order chi connectivity index (χ0) is 12.7. The maximum atomic E-state index is 11.7. The van der Waals surface area contributed by atoms with Gasteiger partial charge in [0.25, 0.3) is 0 Å². The second-order valence-corrected chi connectivity index (χ2v) is 3.97. The molecule has 0 aliphatic carbocycles. The van der Waals surface area contributed by atoms with Crippen LogP contribution in [0.5, 0.6) is 0 Å². The number of benzene rings is 1. The Bertz CT molecular complexity index is 340. The third kappa shape index (κ3) is 4.17. The van der Waals surface area contributed by atoms with Crippen molar-refractivity contribution in [2.75, 3.05) is 33.9 Å². The first-order chi connectivity index (χ1) is 8.19. The fraction of sp³-hybridized carbons (Fsp3) is 0.462. The van der Waals surface area contributed by atoms with Gasteiger partial charge in [-0.25, -0.2) is 0 Å². The third-order valence-corrected chi connectivity index (χ3v) is 2.66. The lowest BCUT2D eigenvalue weighted by molar-refractivity contribution is -0.142. The lowest BCUT2D eigenvalue weighted by Crippen LogP contribution is -2.31. The molecule has 0 bridgehead atoms. The number of hydrogen-bond donors (Lipinski definition) is 1. The molecule has 1 N–H and O–H groups in total. The van der Waals surface area contributed by atoms with Gasteiger partial charge in [0, 0.05) is 13.1 Å². The van der Waals surface area contributed by atoms with Gasteiger partial charge < -0.3 is 14.7 Å². The molecule has 1 aromatic carbocycles. The van der Waals surface area contributed by atoms with Crippen molar-refractivity contribution in [3.05, 3.63) is 35.9 Å². The largest absolute Gasteiger partial charge is 0.469 e. The van der Waals surface area contributed by atoms with Gasteiger partial charge in [0.15, 0.2) is 0 Å². The first kappa shape index (κ1) is 13.7. The number of aliphatic hydroxyl groups excluding tert-OH is 1. The topological polar surface area (TPSA) is 49.8 Å².